The van der Waals surface area contributed by atoms with Crippen LogP contribution in [0.1, 0.15) is 42.9 Å². The molecular weight excluding hydrogens is 483 g/mol. The Morgan fingerprint density at radius 1 is 1.03 bits per heavy atom. The van der Waals surface area contributed by atoms with Gasteiger partial charge in [0.25, 0.3) is 0 Å². The van der Waals surface area contributed by atoms with Gasteiger partial charge in [0.15, 0.2) is 0 Å². The first-order valence-corrected chi connectivity index (χ1v) is 12.1. The number of phenols is 1. The minimum absolute atomic E-state index is 0.0431. The normalized spacial score (nSPS) is 16.6. The summed E-state index contributed by atoms with van der Waals surface area (Å²) in [4.78, 5) is 27.5. The third-order valence-corrected chi connectivity index (χ3v) is 6.43. The number of ether oxygens (including phenoxy) is 1. The molecule has 0 saturated carbocycles. The molecule has 4 rings (SSSR count). The first-order valence-electron chi connectivity index (χ1n) is 12.1. The van der Waals surface area contributed by atoms with Crippen LogP contribution in [0.15, 0.2) is 72.8 Å². The summed E-state index contributed by atoms with van der Waals surface area (Å²) >= 11 is 0. The number of alkyl halides is 3. The number of benzene rings is 3. The van der Waals surface area contributed by atoms with Crippen molar-refractivity contribution in [2.75, 3.05) is 6.61 Å². The summed E-state index contributed by atoms with van der Waals surface area (Å²) in [6.45, 7) is 3.53. The minimum atomic E-state index is -4.92. The summed E-state index contributed by atoms with van der Waals surface area (Å²) in [6.07, 6.45) is -5.44. The fourth-order valence-corrected chi connectivity index (χ4v) is 4.80. The summed E-state index contributed by atoms with van der Waals surface area (Å²) in [7, 11) is 0. The number of hydrogen-bond acceptors (Lipinski definition) is 4. The quantitative estimate of drug-likeness (QED) is 0.379. The molecule has 2 unspecified atom stereocenters. The van der Waals surface area contributed by atoms with Crippen LogP contribution in [0, 0.1) is 5.92 Å². The highest BCUT2D eigenvalue weighted by molar-refractivity contribution is 5.97. The van der Waals surface area contributed by atoms with Gasteiger partial charge in [0.05, 0.1) is 12.0 Å². The lowest BCUT2D eigenvalue weighted by atomic mass is 9.83. The minimum Gasteiger partial charge on any atom is -0.507 e. The predicted octanol–water partition coefficient (Wildman–Crippen LogP) is 6.80. The largest absolute Gasteiger partial charge is 0.507 e. The van der Waals surface area contributed by atoms with Crippen LogP contribution in [0.4, 0.5) is 18.0 Å². The molecule has 1 saturated heterocycles. The van der Waals surface area contributed by atoms with E-state index in [1.54, 1.807) is 44.2 Å². The second-order valence-electron chi connectivity index (χ2n) is 9.63. The number of cyclic esters (lactones) is 1. The van der Waals surface area contributed by atoms with Crippen LogP contribution in [0.2, 0.25) is 0 Å². The number of imide groups is 1. The molecule has 1 heterocycles. The zero-order valence-corrected chi connectivity index (χ0v) is 20.5. The summed E-state index contributed by atoms with van der Waals surface area (Å²) in [5.41, 5.74) is 0.170. The van der Waals surface area contributed by atoms with Crippen molar-refractivity contribution in [3.63, 3.8) is 0 Å². The summed E-state index contributed by atoms with van der Waals surface area (Å²) in [5, 5.41) is 10.6. The lowest BCUT2D eigenvalue weighted by Gasteiger charge is -2.28. The monoisotopic (exact) mass is 511 g/mol. The van der Waals surface area contributed by atoms with Crippen molar-refractivity contribution in [2.24, 2.45) is 5.92 Å². The number of aromatic hydroxyl groups is 1. The molecule has 3 aromatic carbocycles. The van der Waals surface area contributed by atoms with Gasteiger partial charge < -0.3 is 9.84 Å². The zero-order chi connectivity index (χ0) is 26.7. The molecule has 1 fully saturated rings. The number of nitrogens with zero attached hydrogens (tertiary/aromatic N) is 1. The van der Waals surface area contributed by atoms with Gasteiger partial charge in [0, 0.05) is 0 Å². The summed E-state index contributed by atoms with van der Waals surface area (Å²) in [6, 6.07) is 19.5. The van der Waals surface area contributed by atoms with E-state index in [1.165, 1.54) is 6.07 Å². The topological polar surface area (TPSA) is 66.8 Å². The van der Waals surface area contributed by atoms with Crippen LogP contribution in [-0.4, -0.2) is 34.7 Å². The van der Waals surface area contributed by atoms with E-state index in [9.17, 15) is 27.9 Å². The zero-order valence-electron chi connectivity index (χ0n) is 20.5. The van der Waals surface area contributed by atoms with Crippen LogP contribution in [0.5, 0.6) is 5.75 Å². The van der Waals surface area contributed by atoms with Crippen molar-refractivity contribution in [2.45, 2.75) is 44.8 Å². The van der Waals surface area contributed by atoms with E-state index in [2.05, 4.69) is 0 Å². The Bertz CT molecular complexity index is 1260. The van der Waals surface area contributed by atoms with Crippen LogP contribution in [0.3, 0.4) is 0 Å². The number of phenolic OH excluding ortho intramolecular Hbond substituents is 1. The maximum Gasteiger partial charge on any atom is 0.420 e. The van der Waals surface area contributed by atoms with E-state index < -0.39 is 41.4 Å². The Labute approximate surface area is 213 Å². The fourth-order valence-electron chi connectivity index (χ4n) is 4.80. The Morgan fingerprint density at radius 2 is 1.65 bits per heavy atom. The molecule has 0 spiro atoms. The Morgan fingerprint density at radius 3 is 2.24 bits per heavy atom. The lowest BCUT2D eigenvalue weighted by Crippen LogP contribution is -2.43. The lowest BCUT2D eigenvalue weighted by molar-refractivity contribution is -0.140. The van der Waals surface area contributed by atoms with E-state index in [0.717, 1.165) is 16.5 Å². The van der Waals surface area contributed by atoms with Crippen molar-refractivity contribution < 1.29 is 32.6 Å². The molecule has 5 nitrogen and oxygen atoms in total. The Balaban J connectivity index is 1.82. The van der Waals surface area contributed by atoms with Crippen LogP contribution in [-0.2, 0) is 22.1 Å². The Kier molecular flexibility index (Phi) is 7.57. The van der Waals surface area contributed by atoms with Crippen molar-refractivity contribution in [3.8, 4) is 16.9 Å². The third kappa shape index (κ3) is 5.79. The van der Waals surface area contributed by atoms with Crippen molar-refractivity contribution >= 4 is 12.0 Å². The fraction of sp³-hybridized carbons (Fsp3) is 0.310. The number of rotatable bonds is 7. The number of carbonyl (C=O) groups is 2. The van der Waals surface area contributed by atoms with Gasteiger partial charge >= 0.3 is 12.3 Å². The second kappa shape index (κ2) is 10.7. The molecule has 1 N–H and O–H groups in total. The van der Waals surface area contributed by atoms with Gasteiger partial charge in [-0.2, -0.15) is 13.2 Å². The summed E-state index contributed by atoms with van der Waals surface area (Å²) in [5.74, 6) is -3.23. The average molecular weight is 512 g/mol. The molecule has 2 amide bonds. The molecular formula is C29H28F3NO4. The van der Waals surface area contributed by atoms with Crippen molar-refractivity contribution in [3.05, 3.63) is 89.5 Å². The molecule has 3 aromatic rings. The highest BCUT2D eigenvalue weighted by atomic mass is 19.4. The highest BCUT2D eigenvalue weighted by Crippen LogP contribution is 2.45. The average Bonchev–Trinajstić information content (AvgIpc) is 3.21. The first kappa shape index (κ1) is 26.3. The van der Waals surface area contributed by atoms with E-state index in [4.69, 9.17) is 4.74 Å². The molecule has 0 bridgehead atoms. The SMILES string of the molecule is CC(C)CC(C(=O)N1C(=O)OCC1Cc1ccccc1)c1cc(-c2ccccc2)cc(O)c1C(F)(F)F. The van der Waals surface area contributed by atoms with E-state index in [0.29, 0.717) is 17.5 Å². The third-order valence-electron chi connectivity index (χ3n) is 6.43. The molecule has 1 aliphatic heterocycles. The highest BCUT2D eigenvalue weighted by Gasteiger charge is 2.45. The van der Waals surface area contributed by atoms with Crippen molar-refractivity contribution in [1.29, 1.82) is 0 Å². The summed E-state index contributed by atoms with van der Waals surface area (Å²) < 4.78 is 47.9. The van der Waals surface area contributed by atoms with E-state index in [1.807, 2.05) is 30.3 Å². The smallest absolute Gasteiger partial charge is 0.420 e. The first-order chi connectivity index (χ1) is 17.6. The van der Waals surface area contributed by atoms with Gasteiger partial charge in [-0.15, -0.1) is 0 Å². The number of halogens is 3. The van der Waals surface area contributed by atoms with Crippen LogP contribution >= 0.6 is 0 Å². The standard InChI is InChI=1S/C29H28F3NO4/c1-18(2)13-24(27(35)33-22(17-37-28(33)36)14-19-9-5-3-6-10-19)23-15-21(20-11-7-4-8-12-20)16-25(34)26(23)29(30,31)32/h3-12,15-16,18,22,24,34H,13-14,17H2,1-2H3. The molecule has 194 valence electrons. The maximum atomic E-state index is 14.2. The van der Waals surface area contributed by atoms with E-state index in [-0.39, 0.29) is 24.5 Å². The van der Waals surface area contributed by atoms with Crippen molar-refractivity contribution in [1.82, 2.24) is 4.90 Å². The van der Waals surface area contributed by atoms with Gasteiger partial charge in [-0.05, 0) is 53.1 Å². The molecule has 2 atom stereocenters. The predicted molar refractivity (Wildman–Crippen MR) is 133 cm³/mol. The number of amides is 2. The second-order valence-corrected chi connectivity index (χ2v) is 9.63. The maximum absolute atomic E-state index is 14.2. The van der Waals surface area contributed by atoms with Crippen LogP contribution in [0.25, 0.3) is 11.1 Å². The van der Waals surface area contributed by atoms with Gasteiger partial charge in [0.2, 0.25) is 5.91 Å². The van der Waals surface area contributed by atoms with Crippen LogP contribution < -0.4 is 0 Å². The molecule has 1 aliphatic rings. The molecule has 37 heavy (non-hydrogen) atoms. The van der Waals surface area contributed by atoms with E-state index >= 15 is 0 Å². The molecule has 0 aromatic heterocycles. The van der Waals surface area contributed by atoms with Gasteiger partial charge in [-0.1, -0.05) is 74.5 Å². The van der Waals surface area contributed by atoms with Gasteiger partial charge in [-0.3, -0.25) is 4.79 Å². The number of carbonyl (C=O) groups excluding carboxylic acids is 2. The molecule has 0 aliphatic carbocycles. The number of hydrogen-bond donors (Lipinski definition) is 1. The molecule has 8 heteroatoms. The van der Waals surface area contributed by atoms with Gasteiger partial charge in [-0.25, -0.2) is 9.69 Å². The van der Waals surface area contributed by atoms with Gasteiger partial charge in [0.1, 0.15) is 17.9 Å². The Hall–Kier alpha value is -3.81. The molecule has 0 radical (unpaired) electrons.